The average molecular weight is 255 g/mol. The first kappa shape index (κ1) is 11.9. The molecule has 0 spiro atoms. The van der Waals surface area contributed by atoms with Gasteiger partial charge in [-0.15, -0.1) is 0 Å². The Labute approximate surface area is 112 Å². The highest BCUT2D eigenvalue weighted by molar-refractivity contribution is 5.49. The molecule has 1 heterocycles. The van der Waals surface area contributed by atoms with Gasteiger partial charge in [-0.1, -0.05) is 30.3 Å². The highest BCUT2D eigenvalue weighted by Crippen LogP contribution is 2.42. The molecule has 2 aromatic rings. The van der Waals surface area contributed by atoms with Crippen molar-refractivity contribution in [1.82, 2.24) is 9.97 Å². The second kappa shape index (κ2) is 4.85. The zero-order chi connectivity index (χ0) is 13.2. The molecule has 5 nitrogen and oxygen atoms in total. The van der Waals surface area contributed by atoms with Gasteiger partial charge in [-0.2, -0.15) is 4.98 Å². The minimum atomic E-state index is 0.435. The zero-order valence-electron chi connectivity index (χ0n) is 10.8. The van der Waals surface area contributed by atoms with Crippen LogP contribution in [0.1, 0.15) is 23.5 Å². The lowest BCUT2D eigenvalue weighted by Crippen LogP contribution is -2.13. The van der Waals surface area contributed by atoms with Gasteiger partial charge in [-0.25, -0.2) is 10.8 Å². The van der Waals surface area contributed by atoms with Gasteiger partial charge < -0.3 is 5.32 Å². The minimum absolute atomic E-state index is 0.435. The van der Waals surface area contributed by atoms with E-state index in [1.807, 2.05) is 13.0 Å². The van der Waals surface area contributed by atoms with E-state index in [9.17, 15) is 0 Å². The van der Waals surface area contributed by atoms with Crippen molar-refractivity contribution in [3.05, 3.63) is 47.7 Å². The predicted octanol–water partition coefficient (Wildman–Crippen LogP) is 2.04. The first-order valence-electron chi connectivity index (χ1n) is 6.39. The highest BCUT2D eigenvalue weighted by atomic mass is 15.3. The first-order chi connectivity index (χ1) is 9.28. The van der Waals surface area contributed by atoms with E-state index in [-0.39, 0.29) is 0 Å². The van der Waals surface area contributed by atoms with Crippen LogP contribution in [0.2, 0.25) is 0 Å². The average Bonchev–Trinajstić information content (AvgIpc) is 3.21. The standard InChI is InChI=1S/C14H17N5/c1-9-8-16-14(19-15)18-13(9)17-12-7-11(12)10-5-3-2-4-6-10/h2-6,8,11-12H,7,15H2,1H3,(H2,16,17,18,19). The topological polar surface area (TPSA) is 75.9 Å². The second-order valence-electron chi connectivity index (χ2n) is 4.87. The summed E-state index contributed by atoms with van der Waals surface area (Å²) < 4.78 is 0. The number of nitrogens with zero attached hydrogens (tertiary/aromatic N) is 2. The summed E-state index contributed by atoms with van der Waals surface area (Å²) in [6, 6.07) is 11.0. The molecular formula is C14H17N5. The Hall–Kier alpha value is -2.14. The fourth-order valence-corrected chi connectivity index (χ4v) is 2.26. The van der Waals surface area contributed by atoms with Gasteiger partial charge in [0.25, 0.3) is 0 Å². The summed E-state index contributed by atoms with van der Waals surface area (Å²) in [5, 5.41) is 3.46. The quantitative estimate of drug-likeness (QED) is 0.576. The zero-order valence-corrected chi connectivity index (χ0v) is 10.8. The second-order valence-corrected chi connectivity index (χ2v) is 4.87. The van der Waals surface area contributed by atoms with Crippen molar-refractivity contribution in [2.24, 2.45) is 5.84 Å². The van der Waals surface area contributed by atoms with E-state index in [2.05, 4.69) is 45.0 Å². The Bertz CT molecular complexity index is 569. The van der Waals surface area contributed by atoms with Crippen LogP contribution in [0.3, 0.4) is 0 Å². The Balaban J connectivity index is 1.71. The van der Waals surface area contributed by atoms with Crippen LogP contribution in [-0.2, 0) is 0 Å². The molecule has 2 atom stereocenters. The minimum Gasteiger partial charge on any atom is -0.366 e. The van der Waals surface area contributed by atoms with Gasteiger partial charge in [0.05, 0.1) is 0 Å². The van der Waals surface area contributed by atoms with E-state index in [4.69, 9.17) is 5.84 Å². The number of aryl methyl sites for hydroxylation is 1. The van der Waals surface area contributed by atoms with Crippen molar-refractivity contribution in [1.29, 1.82) is 0 Å². The Morgan fingerprint density at radius 2 is 2.05 bits per heavy atom. The normalized spacial score (nSPS) is 20.9. The van der Waals surface area contributed by atoms with Crippen LogP contribution in [-0.4, -0.2) is 16.0 Å². The molecule has 19 heavy (non-hydrogen) atoms. The Morgan fingerprint density at radius 1 is 1.26 bits per heavy atom. The van der Waals surface area contributed by atoms with Crippen LogP contribution >= 0.6 is 0 Å². The van der Waals surface area contributed by atoms with E-state index in [1.54, 1.807) is 6.20 Å². The van der Waals surface area contributed by atoms with Gasteiger partial charge in [0.15, 0.2) is 0 Å². The molecule has 2 unspecified atom stereocenters. The van der Waals surface area contributed by atoms with E-state index in [0.29, 0.717) is 17.9 Å². The molecule has 1 aromatic carbocycles. The predicted molar refractivity (Wildman–Crippen MR) is 75.8 cm³/mol. The molecular weight excluding hydrogens is 238 g/mol. The number of hydrogen-bond acceptors (Lipinski definition) is 5. The molecule has 0 bridgehead atoms. The van der Waals surface area contributed by atoms with Crippen molar-refractivity contribution < 1.29 is 0 Å². The lowest BCUT2D eigenvalue weighted by Gasteiger charge is -2.09. The molecule has 4 N–H and O–H groups in total. The van der Waals surface area contributed by atoms with E-state index in [1.165, 1.54) is 5.56 Å². The van der Waals surface area contributed by atoms with E-state index < -0.39 is 0 Å². The number of benzene rings is 1. The van der Waals surface area contributed by atoms with Gasteiger partial charge >= 0.3 is 0 Å². The Kier molecular flexibility index (Phi) is 3.05. The third-order valence-electron chi connectivity index (χ3n) is 3.44. The van der Waals surface area contributed by atoms with Gasteiger partial charge in [0.1, 0.15) is 5.82 Å². The lowest BCUT2D eigenvalue weighted by atomic mass is 10.1. The van der Waals surface area contributed by atoms with Crippen LogP contribution in [0.15, 0.2) is 36.5 Å². The van der Waals surface area contributed by atoms with Gasteiger partial charge in [-0.3, -0.25) is 5.43 Å². The van der Waals surface area contributed by atoms with Crippen molar-refractivity contribution in [3.63, 3.8) is 0 Å². The molecule has 1 fully saturated rings. The molecule has 5 heteroatoms. The van der Waals surface area contributed by atoms with Crippen LogP contribution in [0.25, 0.3) is 0 Å². The fourth-order valence-electron chi connectivity index (χ4n) is 2.26. The number of nitrogen functional groups attached to an aromatic ring is 1. The molecule has 0 radical (unpaired) electrons. The summed E-state index contributed by atoms with van der Waals surface area (Å²) in [7, 11) is 0. The van der Waals surface area contributed by atoms with E-state index in [0.717, 1.165) is 17.8 Å². The molecule has 1 aliphatic rings. The SMILES string of the molecule is Cc1cnc(NN)nc1NC1CC1c1ccccc1. The number of hydrazine groups is 1. The van der Waals surface area contributed by atoms with Crippen LogP contribution in [0.4, 0.5) is 11.8 Å². The maximum Gasteiger partial charge on any atom is 0.239 e. The molecule has 1 aromatic heterocycles. The molecule has 98 valence electrons. The summed E-state index contributed by atoms with van der Waals surface area (Å²) in [6.07, 6.45) is 2.91. The smallest absolute Gasteiger partial charge is 0.239 e. The molecule has 1 saturated carbocycles. The van der Waals surface area contributed by atoms with Crippen LogP contribution < -0.4 is 16.6 Å². The monoisotopic (exact) mass is 255 g/mol. The fraction of sp³-hybridized carbons (Fsp3) is 0.286. The number of hydrogen-bond donors (Lipinski definition) is 3. The number of anilines is 2. The molecule has 3 rings (SSSR count). The van der Waals surface area contributed by atoms with Gasteiger partial charge in [0, 0.05) is 23.7 Å². The summed E-state index contributed by atoms with van der Waals surface area (Å²) in [6.45, 7) is 1.99. The lowest BCUT2D eigenvalue weighted by molar-refractivity contribution is 1.01. The maximum absolute atomic E-state index is 5.33. The summed E-state index contributed by atoms with van der Waals surface area (Å²) in [5.41, 5.74) is 4.87. The third-order valence-corrected chi connectivity index (χ3v) is 3.44. The van der Waals surface area contributed by atoms with Crippen molar-refractivity contribution in [2.75, 3.05) is 10.7 Å². The number of nitrogens with two attached hydrogens (primary N) is 1. The van der Waals surface area contributed by atoms with Gasteiger partial charge in [-0.05, 0) is 18.9 Å². The Morgan fingerprint density at radius 3 is 2.79 bits per heavy atom. The number of nitrogens with one attached hydrogen (secondary N) is 2. The summed E-state index contributed by atoms with van der Waals surface area (Å²) in [4.78, 5) is 8.42. The molecule has 0 amide bonds. The maximum atomic E-state index is 5.33. The summed E-state index contributed by atoms with van der Waals surface area (Å²) >= 11 is 0. The van der Waals surface area contributed by atoms with E-state index >= 15 is 0 Å². The van der Waals surface area contributed by atoms with Crippen molar-refractivity contribution in [2.45, 2.75) is 25.3 Å². The van der Waals surface area contributed by atoms with Crippen molar-refractivity contribution >= 4 is 11.8 Å². The van der Waals surface area contributed by atoms with Crippen LogP contribution in [0, 0.1) is 6.92 Å². The van der Waals surface area contributed by atoms with Crippen molar-refractivity contribution in [3.8, 4) is 0 Å². The summed E-state index contributed by atoms with van der Waals surface area (Å²) in [5.74, 6) is 7.19. The highest BCUT2D eigenvalue weighted by Gasteiger charge is 2.38. The number of rotatable bonds is 4. The molecule has 1 aliphatic carbocycles. The molecule has 0 aliphatic heterocycles. The van der Waals surface area contributed by atoms with Gasteiger partial charge in [0.2, 0.25) is 5.95 Å². The third kappa shape index (κ3) is 2.51. The first-order valence-corrected chi connectivity index (χ1v) is 6.39. The molecule has 0 saturated heterocycles. The number of aromatic nitrogens is 2. The largest absolute Gasteiger partial charge is 0.366 e. The van der Waals surface area contributed by atoms with Crippen LogP contribution in [0.5, 0.6) is 0 Å².